The quantitative estimate of drug-likeness (QED) is 0.930. The number of nitrogens with zero attached hydrogens (tertiary/aromatic N) is 2. The molecule has 1 aromatic carbocycles. The van der Waals surface area contributed by atoms with Crippen molar-refractivity contribution in [2.45, 2.75) is 33.4 Å². The second kappa shape index (κ2) is 7.66. The fraction of sp³-hybridized carbons (Fsp3) is 0.400. The van der Waals surface area contributed by atoms with Crippen LogP contribution in [0.4, 0.5) is 0 Å². The van der Waals surface area contributed by atoms with Crippen molar-refractivity contribution in [1.29, 1.82) is 0 Å². The van der Waals surface area contributed by atoms with Crippen LogP contribution >= 0.6 is 0 Å². The van der Waals surface area contributed by atoms with Gasteiger partial charge in [0.15, 0.2) is 0 Å². The molecule has 1 N–H and O–H groups in total. The molecule has 5 nitrogen and oxygen atoms in total. The summed E-state index contributed by atoms with van der Waals surface area (Å²) in [4.78, 5) is 18.9. The maximum Gasteiger partial charge on any atom is 0.254 e. The molecule has 1 aliphatic rings. The topological polar surface area (TPSA) is 54.5 Å². The first-order chi connectivity index (χ1) is 12.1. The second-order valence-electron chi connectivity index (χ2n) is 6.64. The number of hydrogen-bond donors (Lipinski definition) is 1. The molecule has 0 aliphatic carbocycles. The highest BCUT2D eigenvalue weighted by Crippen LogP contribution is 2.26. The molecule has 2 heterocycles. The molecule has 1 aliphatic heterocycles. The third kappa shape index (κ3) is 3.99. The number of aromatic nitrogens is 1. The summed E-state index contributed by atoms with van der Waals surface area (Å²) >= 11 is 0. The standard InChI is InChI=1S/C20H25N3O2/c1-14-9-18(20(24)23-8-7-22-11-16(23)3)10-15(2)19(14)25-13-17-5-4-6-21-12-17/h4-6,9-10,12,16,22H,7-8,11,13H2,1-3H3/t16-/m0/s1. The molecule has 3 rings (SSSR count). The van der Waals surface area contributed by atoms with Gasteiger partial charge in [-0.25, -0.2) is 0 Å². The normalized spacial score (nSPS) is 17.4. The number of hydrogen-bond acceptors (Lipinski definition) is 4. The monoisotopic (exact) mass is 339 g/mol. The van der Waals surface area contributed by atoms with Crippen LogP contribution in [0.25, 0.3) is 0 Å². The number of piperazine rings is 1. The number of carbonyl (C=O) groups is 1. The Morgan fingerprint density at radius 1 is 1.36 bits per heavy atom. The minimum Gasteiger partial charge on any atom is -0.488 e. The fourth-order valence-corrected chi connectivity index (χ4v) is 3.25. The van der Waals surface area contributed by atoms with Gasteiger partial charge in [-0.05, 0) is 50.1 Å². The molecule has 25 heavy (non-hydrogen) atoms. The van der Waals surface area contributed by atoms with Crippen LogP contribution in [0.2, 0.25) is 0 Å². The zero-order valence-corrected chi connectivity index (χ0v) is 15.1. The van der Waals surface area contributed by atoms with Crippen LogP contribution in [-0.4, -0.2) is 41.5 Å². The summed E-state index contributed by atoms with van der Waals surface area (Å²) < 4.78 is 5.98. The number of benzene rings is 1. The number of rotatable bonds is 4. The van der Waals surface area contributed by atoms with E-state index in [9.17, 15) is 4.79 Å². The maximum absolute atomic E-state index is 12.9. The molecule has 1 fully saturated rings. The number of carbonyl (C=O) groups excluding carboxylic acids is 1. The van der Waals surface area contributed by atoms with Gasteiger partial charge in [0.2, 0.25) is 0 Å². The molecule has 1 amide bonds. The number of nitrogens with one attached hydrogen (secondary N) is 1. The summed E-state index contributed by atoms with van der Waals surface area (Å²) in [6.07, 6.45) is 3.55. The van der Waals surface area contributed by atoms with Crippen molar-refractivity contribution in [3.8, 4) is 5.75 Å². The van der Waals surface area contributed by atoms with Gasteiger partial charge in [0, 0.05) is 49.2 Å². The van der Waals surface area contributed by atoms with E-state index in [-0.39, 0.29) is 11.9 Å². The molecule has 2 aromatic rings. The Morgan fingerprint density at radius 2 is 2.12 bits per heavy atom. The first kappa shape index (κ1) is 17.4. The predicted molar refractivity (Wildman–Crippen MR) is 97.9 cm³/mol. The van der Waals surface area contributed by atoms with Crippen LogP contribution in [0.5, 0.6) is 5.75 Å². The van der Waals surface area contributed by atoms with Gasteiger partial charge in [-0.3, -0.25) is 9.78 Å². The van der Waals surface area contributed by atoms with Gasteiger partial charge in [-0.15, -0.1) is 0 Å². The molecule has 0 bridgehead atoms. The molecule has 0 saturated carbocycles. The average Bonchev–Trinajstić information content (AvgIpc) is 2.61. The number of ether oxygens (including phenoxy) is 1. The zero-order valence-electron chi connectivity index (χ0n) is 15.1. The van der Waals surface area contributed by atoms with Crippen molar-refractivity contribution in [1.82, 2.24) is 15.2 Å². The van der Waals surface area contributed by atoms with Crippen LogP contribution in [-0.2, 0) is 6.61 Å². The summed E-state index contributed by atoms with van der Waals surface area (Å²) in [7, 11) is 0. The Balaban J connectivity index is 1.76. The highest BCUT2D eigenvalue weighted by Gasteiger charge is 2.24. The van der Waals surface area contributed by atoms with Crippen molar-refractivity contribution in [3.63, 3.8) is 0 Å². The van der Waals surface area contributed by atoms with E-state index in [1.807, 2.05) is 43.0 Å². The Bertz CT molecular complexity index is 723. The largest absolute Gasteiger partial charge is 0.488 e. The van der Waals surface area contributed by atoms with Gasteiger partial charge in [-0.2, -0.15) is 0 Å². The maximum atomic E-state index is 12.9. The van der Waals surface area contributed by atoms with E-state index in [2.05, 4.69) is 17.2 Å². The van der Waals surface area contributed by atoms with Gasteiger partial charge in [0.25, 0.3) is 5.91 Å². The number of pyridine rings is 1. The lowest BCUT2D eigenvalue weighted by molar-refractivity contribution is 0.0655. The van der Waals surface area contributed by atoms with E-state index in [1.54, 1.807) is 12.4 Å². The SMILES string of the molecule is Cc1cc(C(=O)N2CCNC[C@@H]2C)cc(C)c1OCc1cccnc1. The van der Waals surface area contributed by atoms with Crippen LogP contribution in [0.1, 0.15) is 34.0 Å². The molecule has 5 heteroatoms. The highest BCUT2D eigenvalue weighted by atomic mass is 16.5. The van der Waals surface area contributed by atoms with E-state index >= 15 is 0 Å². The van der Waals surface area contributed by atoms with E-state index in [1.165, 1.54) is 0 Å². The molecule has 132 valence electrons. The summed E-state index contributed by atoms with van der Waals surface area (Å²) in [6, 6.07) is 7.96. The lowest BCUT2D eigenvalue weighted by Crippen LogP contribution is -2.52. The van der Waals surface area contributed by atoms with E-state index in [0.717, 1.165) is 47.6 Å². The summed E-state index contributed by atoms with van der Waals surface area (Å²) in [5.74, 6) is 0.938. The van der Waals surface area contributed by atoms with Crippen LogP contribution in [0, 0.1) is 13.8 Å². The Hall–Kier alpha value is -2.40. The van der Waals surface area contributed by atoms with Crippen molar-refractivity contribution >= 4 is 5.91 Å². The molecule has 0 unspecified atom stereocenters. The van der Waals surface area contributed by atoms with E-state index in [0.29, 0.717) is 6.61 Å². The lowest BCUT2D eigenvalue weighted by atomic mass is 10.0. The number of amides is 1. The van der Waals surface area contributed by atoms with E-state index in [4.69, 9.17) is 4.74 Å². The summed E-state index contributed by atoms with van der Waals surface area (Å²) in [5.41, 5.74) is 3.72. The lowest BCUT2D eigenvalue weighted by Gasteiger charge is -2.34. The minimum absolute atomic E-state index is 0.0963. The molecular weight excluding hydrogens is 314 g/mol. The predicted octanol–water partition coefficient (Wildman–Crippen LogP) is 2.71. The third-order valence-corrected chi connectivity index (χ3v) is 4.58. The zero-order chi connectivity index (χ0) is 17.8. The second-order valence-corrected chi connectivity index (χ2v) is 6.64. The molecule has 0 radical (unpaired) electrons. The van der Waals surface area contributed by atoms with Gasteiger partial charge >= 0.3 is 0 Å². The minimum atomic E-state index is 0.0963. The molecule has 1 aromatic heterocycles. The van der Waals surface area contributed by atoms with Crippen LogP contribution in [0.15, 0.2) is 36.7 Å². The third-order valence-electron chi connectivity index (χ3n) is 4.58. The fourth-order valence-electron chi connectivity index (χ4n) is 3.25. The molecule has 0 spiro atoms. The molecule has 1 atom stereocenters. The van der Waals surface area contributed by atoms with Crippen molar-refractivity contribution in [3.05, 3.63) is 58.9 Å². The molecule has 1 saturated heterocycles. The molecular formula is C20H25N3O2. The Morgan fingerprint density at radius 3 is 2.76 bits per heavy atom. The van der Waals surface area contributed by atoms with E-state index < -0.39 is 0 Å². The summed E-state index contributed by atoms with van der Waals surface area (Å²) in [5, 5.41) is 3.32. The van der Waals surface area contributed by atoms with Crippen molar-refractivity contribution in [2.75, 3.05) is 19.6 Å². The first-order valence-corrected chi connectivity index (χ1v) is 8.71. The van der Waals surface area contributed by atoms with Crippen molar-refractivity contribution in [2.24, 2.45) is 0 Å². The van der Waals surface area contributed by atoms with Gasteiger partial charge in [0.1, 0.15) is 12.4 Å². The van der Waals surface area contributed by atoms with Crippen LogP contribution in [0.3, 0.4) is 0 Å². The Labute approximate surface area is 149 Å². The van der Waals surface area contributed by atoms with Crippen molar-refractivity contribution < 1.29 is 9.53 Å². The Kier molecular flexibility index (Phi) is 5.34. The average molecular weight is 339 g/mol. The number of aryl methyl sites for hydroxylation is 2. The van der Waals surface area contributed by atoms with Gasteiger partial charge < -0.3 is 15.0 Å². The van der Waals surface area contributed by atoms with Gasteiger partial charge in [0.05, 0.1) is 0 Å². The first-order valence-electron chi connectivity index (χ1n) is 8.71. The summed E-state index contributed by atoms with van der Waals surface area (Å²) in [6.45, 7) is 8.97. The van der Waals surface area contributed by atoms with Crippen LogP contribution < -0.4 is 10.1 Å². The van der Waals surface area contributed by atoms with Gasteiger partial charge in [-0.1, -0.05) is 6.07 Å². The smallest absolute Gasteiger partial charge is 0.254 e. The highest BCUT2D eigenvalue weighted by molar-refractivity contribution is 5.95.